The van der Waals surface area contributed by atoms with Gasteiger partial charge in [-0.15, -0.1) is 0 Å². The number of aromatic hydroxyl groups is 1. The van der Waals surface area contributed by atoms with Gasteiger partial charge in [0.15, 0.2) is 0 Å². The fourth-order valence-electron chi connectivity index (χ4n) is 0.494. The van der Waals surface area contributed by atoms with E-state index in [-0.39, 0.29) is 5.95 Å². The molecule has 9 nitrogen and oxygen atoms in total. The second-order valence-electron chi connectivity index (χ2n) is 1.52. The fourth-order valence-corrected chi connectivity index (χ4v) is 0.494. The highest BCUT2D eigenvalue weighted by atomic mass is 16.6. The Bertz CT molecular complexity index is 337. The molecule has 0 aliphatic heterocycles. The lowest BCUT2D eigenvalue weighted by Crippen LogP contribution is -2.37. The zero-order chi connectivity index (χ0) is 7.68. The summed E-state index contributed by atoms with van der Waals surface area (Å²) in [4.78, 5) is 0.856. The molecule has 0 aromatic carbocycles. The monoisotopic (exact) mass is 155 g/mol. The first kappa shape index (κ1) is 5.70. The van der Waals surface area contributed by atoms with Gasteiger partial charge in [0, 0.05) is 5.27 Å². The smallest absolute Gasteiger partial charge is 0.433 e. The first-order valence-corrected chi connectivity index (χ1v) is 2.50. The zero-order valence-corrected chi connectivity index (χ0v) is 4.99. The molecule has 0 saturated heterocycles. The lowest BCUT2D eigenvalue weighted by atomic mass is 11.1. The van der Waals surface area contributed by atoms with E-state index in [4.69, 9.17) is 5.11 Å². The molecule has 0 fully saturated rings. The lowest BCUT2D eigenvalue weighted by Gasteiger charge is -1.80. The van der Waals surface area contributed by atoms with Crippen molar-refractivity contribution in [2.24, 2.45) is 0 Å². The van der Waals surface area contributed by atoms with Crippen molar-refractivity contribution in [2.45, 2.75) is 0 Å². The molecule has 0 bridgehead atoms. The Morgan fingerprint density at radius 1 is 1.55 bits per heavy atom. The summed E-state index contributed by atoms with van der Waals surface area (Å²) in [5, 5.41) is 28.3. The summed E-state index contributed by atoms with van der Waals surface area (Å²) in [6, 6.07) is 0. The maximum absolute atomic E-state index is 8.59. The van der Waals surface area contributed by atoms with Crippen LogP contribution in [0.5, 0.6) is 6.08 Å². The molecule has 0 unspecified atom stereocenters. The highest BCUT2D eigenvalue weighted by Crippen LogP contribution is 1.92. The number of hydrogen-bond donors (Lipinski definition) is 1. The summed E-state index contributed by atoms with van der Waals surface area (Å²) < 4.78 is 4.21. The van der Waals surface area contributed by atoms with E-state index in [0.29, 0.717) is 0 Å². The van der Waals surface area contributed by atoms with Gasteiger partial charge in [0.2, 0.25) is 0 Å². The average molecular weight is 155 g/mol. The molecule has 0 spiro atoms. The van der Waals surface area contributed by atoms with Crippen molar-refractivity contribution in [3.05, 3.63) is 0 Å². The highest BCUT2D eigenvalue weighted by molar-refractivity contribution is 4.78. The third-order valence-corrected chi connectivity index (χ3v) is 0.867. The van der Waals surface area contributed by atoms with Crippen molar-refractivity contribution in [1.29, 1.82) is 0 Å². The van der Waals surface area contributed by atoms with Crippen molar-refractivity contribution in [3.8, 4) is 12.0 Å². The van der Waals surface area contributed by atoms with Crippen molar-refractivity contribution in [3.63, 3.8) is 0 Å². The maximum atomic E-state index is 8.59. The van der Waals surface area contributed by atoms with E-state index >= 15 is 0 Å². The second-order valence-corrected chi connectivity index (χ2v) is 1.52. The maximum Gasteiger partial charge on any atom is 0.433 e. The van der Waals surface area contributed by atoms with Crippen LogP contribution in [0.25, 0.3) is 5.95 Å². The molecular weight excluding hydrogens is 154 g/mol. The summed E-state index contributed by atoms with van der Waals surface area (Å²) in [6.45, 7) is 0. The molecule has 0 amide bonds. The van der Waals surface area contributed by atoms with Gasteiger partial charge < -0.3 is 5.11 Å². The molecule has 56 valence electrons. The highest BCUT2D eigenvalue weighted by Gasteiger charge is 2.07. The molecule has 0 aliphatic rings. The van der Waals surface area contributed by atoms with Crippen molar-refractivity contribution in [2.75, 3.05) is 0 Å². The lowest BCUT2D eigenvalue weighted by molar-refractivity contribution is -0.731. The van der Waals surface area contributed by atoms with E-state index < -0.39 is 6.08 Å². The predicted octanol–water partition coefficient (Wildman–Crippen LogP) is -2.81. The van der Waals surface area contributed by atoms with Gasteiger partial charge in [-0.1, -0.05) is 20.1 Å². The van der Waals surface area contributed by atoms with Crippen LogP contribution in [0.3, 0.4) is 0 Å². The van der Waals surface area contributed by atoms with Gasteiger partial charge in [-0.05, 0) is 10.4 Å². The predicted molar refractivity (Wildman–Crippen MR) is 24.2 cm³/mol. The molecule has 2 aromatic rings. The molecule has 0 radical (unpaired) electrons. The Morgan fingerprint density at radius 2 is 2.45 bits per heavy atom. The number of aromatic nitrogens is 7. The zero-order valence-electron chi connectivity index (χ0n) is 4.99. The van der Waals surface area contributed by atoms with Crippen LogP contribution < -0.4 is 9.90 Å². The Labute approximate surface area is 58.6 Å². The Balaban J connectivity index is 2.45. The Kier molecular flexibility index (Phi) is 1.02. The van der Waals surface area contributed by atoms with E-state index in [9.17, 15) is 0 Å². The fraction of sp³-hybridized carbons (Fsp3) is 0. The van der Waals surface area contributed by atoms with E-state index in [1.807, 2.05) is 0 Å². The molecule has 0 saturated carbocycles. The molecule has 11 heavy (non-hydrogen) atoms. The van der Waals surface area contributed by atoms with Gasteiger partial charge in [-0.25, -0.2) is 0 Å². The molecule has 2 aromatic heterocycles. The SMILES string of the molecule is Oc1n[n+](-c2nnn[n-]2)no1. The molecule has 0 aliphatic carbocycles. The standard InChI is InChI=1S/C2HN7O2/c10-2-5-9(8-11-2)1-3-6-7-4-1/h(H-,3,4,5,6,7,8,10). The van der Waals surface area contributed by atoms with Crippen molar-refractivity contribution in [1.82, 2.24) is 31.0 Å². The first-order chi connectivity index (χ1) is 5.36. The molecule has 2 heterocycles. The normalized spacial score (nSPS) is 10.2. The van der Waals surface area contributed by atoms with Crippen LogP contribution in [0, 0.1) is 0 Å². The first-order valence-electron chi connectivity index (χ1n) is 2.50. The summed E-state index contributed by atoms with van der Waals surface area (Å²) in [6.07, 6.45) is -0.574. The minimum Gasteiger partial charge on any atom is -0.463 e. The van der Waals surface area contributed by atoms with Gasteiger partial charge in [0.1, 0.15) is 0 Å². The van der Waals surface area contributed by atoms with E-state index in [2.05, 4.69) is 35.5 Å². The second kappa shape index (κ2) is 1.97. The quantitative estimate of drug-likeness (QED) is 0.439. The minimum atomic E-state index is -0.574. The molecular formula is C2HN7O2. The summed E-state index contributed by atoms with van der Waals surface area (Å²) in [7, 11) is 0. The molecule has 9 heteroatoms. The van der Waals surface area contributed by atoms with Gasteiger partial charge >= 0.3 is 12.0 Å². The van der Waals surface area contributed by atoms with Gasteiger partial charge in [-0.3, -0.25) is 4.52 Å². The summed E-state index contributed by atoms with van der Waals surface area (Å²) in [5.41, 5.74) is 0. The number of rotatable bonds is 1. The van der Waals surface area contributed by atoms with Crippen LogP contribution >= 0.6 is 0 Å². The largest absolute Gasteiger partial charge is 0.463 e. The topological polar surface area (TPSA) is 116 Å². The molecule has 2 rings (SSSR count). The van der Waals surface area contributed by atoms with E-state index in [1.165, 1.54) is 0 Å². The average Bonchev–Trinajstić information content (AvgIpc) is 2.55. The third kappa shape index (κ3) is 0.870. The summed E-state index contributed by atoms with van der Waals surface area (Å²) >= 11 is 0. The van der Waals surface area contributed by atoms with Gasteiger partial charge in [-0.2, -0.15) is 0 Å². The number of tetrazole rings is 1. The van der Waals surface area contributed by atoms with Crippen LogP contribution in [-0.4, -0.2) is 31.0 Å². The van der Waals surface area contributed by atoms with E-state index in [0.717, 1.165) is 4.80 Å². The van der Waals surface area contributed by atoms with E-state index in [1.54, 1.807) is 0 Å². The number of nitrogens with zero attached hydrogens (tertiary/aromatic N) is 7. The van der Waals surface area contributed by atoms with Crippen LogP contribution in [0.15, 0.2) is 4.52 Å². The van der Waals surface area contributed by atoms with Gasteiger partial charge in [0.25, 0.3) is 0 Å². The van der Waals surface area contributed by atoms with Crippen LogP contribution in [-0.2, 0) is 0 Å². The minimum absolute atomic E-state index is 0.0362. The van der Waals surface area contributed by atoms with Crippen LogP contribution in [0.4, 0.5) is 0 Å². The van der Waals surface area contributed by atoms with Crippen LogP contribution in [0.1, 0.15) is 0 Å². The number of hydrogen-bond acceptors (Lipinski definition) is 7. The van der Waals surface area contributed by atoms with Crippen molar-refractivity contribution >= 4 is 0 Å². The van der Waals surface area contributed by atoms with Crippen LogP contribution in [0.2, 0.25) is 0 Å². The molecule has 1 N–H and O–H groups in total. The summed E-state index contributed by atoms with van der Waals surface area (Å²) in [5.74, 6) is 0.0362. The Hall–Kier alpha value is -2.06. The van der Waals surface area contributed by atoms with Gasteiger partial charge in [0.05, 0.1) is 0 Å². The third-order valence-electron chi connectivity index (χ3n) is 0.867. The van der Waals surface area contributed by atoms with Crippen molar-refractivity contribution < 1.29 is 14.4 Å². The molecule has 0 atom stereocenters. The Morgan fingerprint density at radius 3 is 3.00 bits per heavy atom.